The topological polar surface area (TPSA) is 571 Å². The second-order valence-electron chi connectivity index (χ2n) is 31.9. The number of carboxylic acids is 1. The van der Waals surface area contributed by atoms with Crippen LogP contribution >= 0.6 is 12.2 Å². The number of carbonyl (C=O) groups excluding carboxylic acids is 4. The summed E-state index contributed by atoms with van der Waals surface area (Å²) < 4.78 is 154. The number of halogens is 9. The molecule has 19 rings (SSSR count). The van der Waals surface area contributed by atoms with Gasteiger partial charge in [0.1, 0.15) is 29.3 Å². The molecule has 0 aliphatic heterocycles. The highest BCUT2D eigenvalue weighted by atomic mass is 32.1. The number of imidazole rings is 9. The number of rotatable bonds is 22. The Labute approximate surface area is 841 Å². The van der Waals surface area contributed by atoms with E-state index in [1.165, 1.54) is 72.8 Å². The number of nitrogens with two attached hydrogens (primary N) is 4. The minimum absolute atomic E-state index is 0.0319. The van der Waals surface area contributed by atoms with Crippen molar-refractivity contribution in [2.75, 3.05) is 84.3 Å². The molecule has 0 atom stereocenters. The molecule has 0 bridgehead atoms. The van der Waals surface area contributed by atoms with E-state index in [1.807, 2.05) is 62.8 Å². The number of thiocarbonyl (C=S) groups is 1. The number of hydrogen-bond acceptors (Lipinski definition) is 31. The van der Waals surface area contributed by atoms with E-state index >= 15 is 0 Å². The van der Waals surface area contributed by atoms with Gasteiger partial charge in [0, 0.05) is 91.1 Å². The van der Waals surface area contributed by atoms with Crippen LogP contribution in [-0.4, -0.2) is 191 Å². The summed E-state index contributed by atoms with van der Waals surface area (Å²) in [4.78, 5) is 116. The molecule has 0 spiro atoms. The summed E-state index contributed by atoms with van der Waals surface area (Å²) in [5.74, 6) is -0.397. The normalized spacial score (nSPS) is 11.2. The fourth-order valence-corrected chi connectivity index (χ4v) is 14.5. The number of nitrogens with zero attached hydrogens (tertiary/aromatic N) is 16. The maximum atomic E-state index is 12.4. The van der Waals surface area contributed by atoms with Crippen molar-refractivity contribution in [2.24, 2.45) is 35.2 Å². The average Bonchev–Trinajstić information content (AvgIpc) is 1.64. The van der Waals surface area contributed by atoms with E-state index in [0.29, 0.717) is 167 Å². The van der Waals surface area contributed by atoms with Gasteiger partial charge in [0.05, 0.1) is 153 Å². The molecule has 0 fully saturated rings. The number of fused-ring (bicyclic) bond motifs is 8. The Hall–Kier alpha value is -18.9. The number of aromatic nitrogens is 18. The molecular formula is C96H93F9N28O15S. The number of ether oxygens (including phenoxy) is 7. The number of carbonyl (C=O) groups is 5. The summed E-state index contributed by atoms with van der Waals surface area (Å²) in [6.07, 6.45) is -9.33. The van der Waals surface area contributed by atoms with Crippen LogP contribution < -0.4 is 63.7 Å². The van der Waals surface area contributed by atoms with Crippen molar-refractivity contribution in [3.63, 3.8) is 0 Å². The lowest BCUT2D eigenvalue weighted by Crippen LogP contribution is -2.26. The van der Waals surface area contributed by atoms with Gasteiger partial charge in [0.25, 0.3) is 11.6 Å². The standard InChI is InChI=1S/C20H19F3N6O3.C19H16F3N5O3.C17H12F3N5O3.C15H15N5O2S.C11H13N3O2.C7H8N2O2.C7H10N2/c1-29-16-6-3-11(17(30)24-7-8-31-2)9-15(16)27-19(29)28-18-25-13-5-4-12(10-14(13)26-18)32-20(21,22)23;1-3-29-16(28)10-4-7-15-14(8-10)25-18(27(15)2)26-17-23-12-6-5-11(9-13(12)24-17)30-19(20,21)22;1-25-13-5-2-8(14(26)27)6-12(13)23-16(25)24-15-21-10-4-3-9(7-11(10)22-15)28-17(18,19)20;1-3-22-13(21)10-4-5-12-11(8-10)17-14(19(12)2)18-15(23)20-7-6-16-9-20;1-3-16-10(15)7-4-5-9-8(6-7)13-11(12)14(9)2;1-5-2-3-7(9(10)11)6(8)4-5;1-5-2-3-6(8)7(9)4-5/h3-6,9-10H,7-8H2,1-2H3,(H,24,30)(H2,25,26,27,28);4-9H,3H2,1-2H3,(H2,23,24,25,26);2-7H,1H3,(H,26,27)(H2,21,22,23,24);4-9H,3H2,1-2H3,(H,17,18,23);4-6H,3H2,1-2H3,(H2,12,13);2-4H,8H2,1H3;2-4H,8-9H2,1H3. The van der Waals surface area contributed by atoms with Gasteiger partial charge in [-0.25, -0.2) is 64.0 Å². The van der Waals surface area contributed by atoms with Crippen LogP contribution in [0, 0.1) is 24.0 Å². The van der Waals surface area contributed by atoms with Crippen LogP contribution in [0.4, 0.5) is 110 Å². The number of nitro benzene ring substituents is 1. The Morgan fingerprint density at radius 3 is 1.15 bits per heavy atom. The molecule has 0 aliphatic rings. The van der Waals surface area contributed by atoms with Crippen LogP contribution in [0.2, 0.25) is 0 Å². The Kier molecular flexibility index (Phi) is 33.3. The number of alkyl halides is 9. The Morgan fingerprint density at radius 2 is 0.792 bits per heavy atom. The minimum Gasteiger partial charge on any atom is -0.478 e. The van der Waals surface area contributed by atoms with Gasteiger partial charge < -0.3 is 110 Å². The highest BCUT2D eigenvalue weighted by Gasteiger charge is 2.34. The smallest absolute Gasteiger partial charge is 0.478 e. The SMILES string of the molecule is CCOC(=O)c1ccc2c(c1)nc(N)n2C.CCOC(=O)c1ccc2c(c1)nc(NC(=S)n1ccnc1)n2C.CCOC(=O)c1ccc2c(c1)nc(Nc1nc3ccc(OC(F)(F)F)cc3[nH]1)n2C.COCCNC(=O)c1ccc2c(c1)nc(Nc1nc3ccc(OC(F)(F)F)cc3[nH]1)n2C.Cc1ccc(N)c(N)c1.Cc1ccc([N+](=O)[O-])c(N)c1.Cn1c(Nc2nc3ccc(OC(F)(F)F)cc3[nH]2)nc2cc(C(=O)O)ccc21. The highest BCUT2D eigenvalue weighted by Crippen LogP contribution is 2.35. The second kappa shape index (κ2) is 46.2. The summed E-state index contributed by atoms with van der Waals surface area (Å²) >= 11 is 5.31. The van der Waals surface area contributed by atoms with Crippen molar-refractivity contribution < 1.29 is 107 Å². The first-order chi connectivity index (χ1) is 70.7. The lowest BCUT2D eigenvalue weighted by Gasteiger charge is -2.07. The fraction of sp³-hybridized carbons (Fsp3) is 0.198. The summed E-state index contributed by atoms with van der Waals surface area (Å²) in [6, 6.07) is 46.8. The number of aryl methyl sites for hydroxylation is 7. The van der Waals surface area contributed by atoms with Crippen molar-refractivity contribution in [2.45, 2.75) is 53.7 Å². The molecular weight excluding hydrogens is 1990 g/mol. The predicted molar refractivity (Wildman–Crippen MR) is 541 cm³/mol. The Morgan fingerprint density at radius 1 is 0.436 bits per heavy atom. The molecule has 17 N–H and O–H groups in total. The first kappa shape index (κ1) is 107. The zero-order valence-corrected chi connectivity index (χ0v) is 81.3. The number of anilines is 11. The number of benzene rings is 10. The molecule has 776 valence electrons. The largest absolute Gasteiger partial charge is 0.573 e. The number of esters is 3. The second-order valence-corrected chi connectivity index (χ2v) is 32.3. The number of carboxylic acid groups (broad SMARTS) is 1. The molecule has 0 saturated carbocycles. The maximum absolute atomic E-state index is 12.4. The molecule has 10 aromatic carbocycles. The molecule has 0 radical (unpaired) electrons. The van der Waals surface area contributed by atoms with E-state index in [-0.39, 0.29) is 70.5 Å². The maximum Gasteiger partial charge on any atom is 0.573 e. The quantitative estimate of drug-likeness (QED) is 0.00438. The number of nitro groups is 1. The van der Waals surface area contributed by atoms with Crippen molar-refractivity contribution in [3.8, 4) is 17.2 Å². The third kappa shape index (κ3) is 27.6. The van der Waals surface area contributed by atoms with Crippen LogP contribution in [-0.2, 0) is 54.2 Å². The third-order valence-electron chi connectivity index (χ3n) is 21.4. The predicted octanol–water partition coefficient (Wildman–Crippen LogP) is 17.7. The lowest BCUT2D eigenvalue weighted by atomic mass is 10.2. The number of aromatic carboxylic acids is 1. The number of amides is 1. The van der Waals surface area contributed by atoms with Crippen molar-refractivity contribution in [1.29, 1.82) is 0 Å². The minimum atomic E-state index is -4.78. The van der Waals surface area contributed by atoms with Gasteiger partial charge in [-0.3, -0.25) is 35.4 Å². The molecule has 53 heteroatoms. The summed E-state index contributed by atoms with van der Waals surface area (Å²) in [5, 5.41) is 34.6. The molecule has 43 nitrogen and oxygen atoms in total. The molecule has 19 aromatic rings. The van der Waals surface area contributed by atoms with E-state index in [0.717, 1.165) is 33.2 Å². The van der Waals surface area contributed by atoms with Gasteiger partial charge in [-0.15, -0.1) is 39.5 Å². The number of aromatic amines is 3. The van der Waals surface area contributed by atoms with Crippen LogP contribution in [0.25, 0.3) is 88.3 Å². The number of hydrogen-bond donors (Lipinski definition) is 13. The zero-order chi connectivity index (χ0) is 108. The molecule has 149 heavy (non-hydrogen) atoms. The fourth-order valence-electron chi connectivity index (χ4n) is 14.3. The molecule has 9 aromatic heterocycles. The van der Waals surface area contributed by atoms with Crippen LogP contribution in [0.5, 0.6) is 17.2 Å². The molecule has 0 aliphatic carbocycles. The first-order valence-electron chi connectivity index (χ1n) is 44.3. The van der Waals surface area contributed by atoms with Gasteiger partial charge in [-0.05, 0) is 204 Å². The molecule has 1 amide bonds. The monoisotopic (exact) mass is 2080 g/mol. The van der Waals surface area contributed by atoms with Gasteiger partial charge in [-0.2, -0.15) is 0 Å². The van der Waals surface area contributed by atoms with Crippen LogP contribution in [0.1, 0.15) is 83.7 Å². The highest BCUT2D eigenvalue weighted by molar-refractivity contribution is 7.80. The molecule has 9 heterocycles. The summed E-state index contributed by atoms with van der Waals surface area (Å²) in [6.45, 7) is 10.9. The van der Waals surface area contributed by atoms with Gasteiger partial charge in [-0.1, -0.05) is 12.1 Å². The van der Waals surface area contributed by atoms with E-state index in [1.54, 1.807) is 169 Å². The van der Waals surface area contributed by atoms with E-state index in [4.69, 9.17) is 59.2 Å². The number of methoxy groups -OCH3 is 1. The van der Waals surface area contributed by atoms with Crippen LogP contribution in [0.15, 0.2) is 201 Å². The lowest BCUT2D eigenvalue weighted by molar-refractivity contribution is -0.383. The number of nitrogen functional groups attached to an aromatic ring is 4. The van der Waals surface area contributed by atoms with Gasteiger partial charge >= 0.3 is 43.0 Å². The first-order valence-corrected chi connectivity index (χ1v) is 44.7. The Balaban J connectivity index is 0.000000150. The van der Waals surface area contributed by atoms with E-state index in [9.17, 15) is 73.6 Å². The Bertz CT molecular complexity index is 8170. The van der Waals surface area contributed by atoms with Crippen molar-refractivity contribution in [3.05, 3.63) is 250 Å². The van der Waals surface area contributed by atoms with Gasteiger partial charge in [0.2, 0.25) is 47.6 Å². The van der Waals surface area contributed by atoms with Crippen molar-refractivity contribution >= 4 is 206 Å². The molecule has 0 saturated heterocycles. The van der Waals surface area contributed by atoms with Gasteiger partial charge in [0.15, 0.2) is 5.11 Å². The van der Waals surface area contributed by atoms with E-state index < -0.39 is 35.9 Å². The van der Waals surface area contributed by atoms with Crippen LogP contribution in [0.3, 0.4) is 0 Å². The molecule has 0 unspecified atom stereocenters. The third-order valence-corrected chi connectivity index (χ3v) is 21.7. The average molecular weight is 2080 g/mol. The zero-order valence-electron chi connectivity index (χ0n) is 80.5. The summed E-state index contributed by atoms with van der Waals surface area (Å²) in [7, 11) is 10.6. The van der Waals surface area contributed by atoms with E-state index in [2.05, 4.69) is 101 Å². The van der Waals surface area contributed by atoms with Crippen molar-refractivity contribution in [1.82, 2.24) is 92.5 Å². The summed E-state index contributed by atoms with van der Waals surface area (Å²) in [5.41, 5.74) is 37.0. The number of nitrogens with one attached hydrogen (secondary N) is 8. The number of H-pyrrole nitrogens is 3.